The van der Waals surface area contributed by atoms with Gasteiger partial charge in [-0.1, -0.05) is 0 Å². The molecule has 0 fully saturated rings. The topological polar surface area (TPSA) is 140 Å². The van der Waals surface area contributed by atoms with Crippen molar-refractivity contribution in [3.8, 4) is 5.75 Å². The van der Waals surface area contributed by atoms with Gasteiger partial charge in [0, 0.05) is 25.3 Å². The maximum absolute atomic E-state index is 12.8. The van der Waals surface area contributed by atoms with Gasteiger partial charge in [-0.2, -0.15) is 0 Å². The second-order valence-electron chi connectivity index (χ2n) is 4.90. The number of carbonyl (C=O) groups excluding carboxylic acids is 2. The van der Waals surface area contributed by atoms with Crippen LogP contribution in [0.3, 0.4) is 0 Å². The number of carboxylic acid groups (broad SMARTS) is 2. The van der Waals surface area contributed by atoms with Crippen LogP contribution < -0.4 is 4.74 Å². The molecule has 0 aromatic carbocycles. The maximum Gasteiger partial charge on any atom is 0.325 e. The van der Waals surface area contributed by atoms with Gasteiger partial charge in [-0.15, -0.1) is 0 Å². The largest absolute Gasteiger partial charge is 0.495 e. The molecule has 9 nitrogen and oxygen atoms in total. The number of carbonyl (C=O) groups is 4. The average molecular weight is 339 g/mol. The molecule has 0 aliphatic carbocycles. The molecule has 1 unspecified atom stereocenters. The van der Waals surface area contributed by atoms with Gasteiger partial charge in [0.15, 0.2) is 17.0 Å². The van der Waals surface area contributed by atoms with E-state index in [9.17, 15) is 24.3 Å². The summed E-state index contributed by atoms with van der Waals surface area (Å²) in [5.41, 5.74) is -2.74. The van der Waals surface area contributed by atoms with E-state index in [0.29, 0.717) is 0 Å². The number of nitrogens with zero attached hydrogens (tertiary/aromatic N) is 1. The van der Waals surface area contributed by atoms with Crippen LogP contribution in [0, 0.1) is 5.41 Å². The standard InChI is InChI=1S/C15H17NO8/c1-23-8-11(17)15(14(21)22,4-3-12(18)19)13(20)9-5-10(24-2)7-16-6-9/h5-7H,3-4,8H2,1-2H3,(H,18,19)(H,21,22). The van der Waals surface area contributed by atoms with Gasteiger partial charge < -0.3 is 19.7 Å². The normalized spacial score (nSPS) is 12.9. The molecule has 1 heterocycles. The molecule has 1 atom stereocenters. The molecule has 0 amide bonds. The molecule has 0 saturated heterocycles. The maximum atomic E-state index is 12.8. The number of aliphatic carboxylic acids is 2. The zero-order chi connectivity index (χ0) is 18.3. The molecular weight excluding hydrogens is 322 g/mol. The lowest BCUT2D eigenvalue weighted by Gasteiger charge is -2.25. The number of hydrogen-bond donors (Lipinski definition) is 2. The Balaban J connectivity index is 3.41. The third kappa shape index (κ3) is 3.93. The molecule has 9 heteroatoms. The monoisotopic (exact) mass is 339 g/mol. The summed E-state index contributed by atoms with van der Waals surface area (Å²) in [5.74, 6) is -4.98. The summed E-state index contributed by atoms with van der Waals surface area (Å²) in [6.45, 7) is -0.644. The van der Waals surface area contributed by atoms with E-state index >= 15 is 0 Å². The van der Waals surface area contributed by atoms with Gasteiger partial charge in [0.05, 0.1) is 13.3 Å². The van der Waals surface area contributed by atoms with Crippen LogP contribution in [0.4, 0.5) is 0 Å². The Hall–Kier alpha value is -2.81. The first-order chi connectivity index (χ1) is 11.3. The predicted octanol–water partition coefficient (Wildman–Crippen LogP) is 0.424. The molecule has 0 radical (unpaired) electrons. The summed E-state index contributed by atoms with van der Waals surface area (Å²) in [5, 5.41) is 18.4. The van der Waals surface area contributed by atoms with Crippen molar-refractivity contribution in [2.24, 2.45) is 5.41 Å². The van der Waals surface area contributed by atoms with Crippen LogP contribution >= 0.6 is 0 Å². The van der Waals surface area contributed by atoms with Crippen LogP contribution in [-0.4, -0.2) is 59.5 Å². The summed E-state index contributed by atoms with van der Waals surface area (Å²) in [6.07, 6.45) is 1.01. The van der Waals surface area contributed by atoms with Crippen molar-refractivity contribution in [1.82, 2.24) is 4.98 Å². The Morgan fingerprint density at radius 2 is 1.83 bits per heavy atom. The number of methoxy groups -OCH3 is 2. The highest BCUT2D eigenvalue weighted by molar-refractivity contribution is 6.27. The first kappa shape index (κ1) is 19.2. The molecule has 24 heavy (non-hydrogen) atoms. The number of hydrogen-bond acceptors (Lipinski definition) is 7. The van der Waals surface area contributed by atoms with Gasteiger partial charge >= 0.3 is 11.9 Å². The Kier molecular flexibility index (Phi) is 6.54. The average Bonchev–Trinajstić information content (AvgIpc) is 2.55. The lowest BCUT2D eigenvalue weighted by Crippen LogP contribution is -2.48. The SMILES string of the molecule is COCC(=O)C(CCC(=O)O)(C(=O)O)C(=O)c1cncc(OC)c1. The highest BCUT2D eigenvalue weighted by atomic mass is 16.5. The fourth-order valence-electron chi connectivity index (χ4n) is 2.15. The second-order valence-corrected chi connectivity index (χ2v) is 4.90. The highest BCUT2D eigenvalue weighted by Crippen LogP contribution is 2.32. The fraction of sp³-hybridized carbons (Fsp3) is 0.400. The third-order valence-corrected chi connectivity index (χ3v) is 3.43. The van der Waals surface area contributed by atoms with E-state index in [1.807, 2.05) is 0 Å². The van der Waals surface area contributed by atoms with Crippen LogP contribution in [0.15, 0.2) is 18.5 Å². The van der Waals surface area contributed by atoms with Crippen molar-refractivity contribution in [2.75, 3.05) is 20.8 Å². The number of rotatable bonds is 10. The summed E-state index contributed by atoms with van der Waals surface area (Å²) >= 11 is 0. The Bertz CT molecular complexity index is 657. The van der Waals surface area contributed by atoms with Crippen molar-refractivity contribution in [1.29, 1.82) is 0 Å². The van der Waals surface area contributed by atoms with Crippen LogP contribution in [0.1, 0.15) is 23.2 Å². The molecule has 0 bridgehead atoms. The van der Waals surface area contributed by atoms with E-state index < -0.39 is 48.4 Å². The highest BCUT2D eigenvalue weighted by Gasteiger charge is 2.52. The second kappa shape index (κ2) is 8.16. The molecular formula is C15H17NO8. The lowest BCUT2D eigenvalue weighted by molar-refractivity contribution is -0.153. The van der Waals surface area contributed by atoms with Crippen molar-refractivity contribution in [3.63, 3.8) is 0 Å². The van der Waals surface area contributed by atoms with Crippen LogP contribution in [-0.2, 0) is 19.1 Å². The Morgan fingerprint density at radius 1 is 1.17 bits per heavy atom. The molecule has 2 N–H and O–H groups in total. The number of ether oxygens (including phenoxy) is 2. The predicted molar refractivity (Wildman–Crippen MR) is 78.9 cm³/mol. The number of Topliss-reactive ketones (excluding diaryl/α,β-unsaturated/α-hetero) is 2. The van der Waals surface area contributed by atoms with Gasteiger partial charge in [-0.05, 0) is 12.5 Å². The zero-order valence-corrected chi connectivity index (χ0v) is 13.1. The van der Waals surface area contributed by atoms with Gasteiger partial charge in [0.1, 0.15) is 12.4 Å². The zero-order valence-electron chi connectivity index (χ0n) is 13.1. The van der Waals surface area contributed by atoms with Crippen molar-refractivity contribution < 1.29 is 38.9 Å². The number of ketones is 2. The summed E-state index contributed by atoms with van der Waals surface area (Å²) in [6, 6.07) is 1.23. The molecule has 0 saturated carbocycles. The molecule has 0 aliphatic heterocycles. The van der Waals surface area contributed by atoms with Crippen LogP contribution in [0.25, 0.3) is 0 Å². The summed E-state index contributed by atoms with van der Waals surface area (Å²) in [7, 11) is 2.50. The van der Waals surface area contributed by atoms with Gasteiger partial charge in [-0.25, -0.2) is 0 Å². The number of carboxylic acids is 2. The van der Waals surface area contributed by atoms with Gasteiger partial charge in [0.2, 0.25) is 0 Å². The molecule has 0 aliphatic rings. The molecule has 1 aromatic rings. The first-order valence-electron chi connectivity index (χ1n) is 6.80. The summed E-state index contributed by atoms with van der Waals surface area (Å²) in [4.78, 5) is 51.4. The Morgan fingerprint density at radius 3 is 2.33 bits per heavy atom. The number of pyridine rings is 1. The fourth-order valence-corrected chi connectivity index (χ4v) is 2.15. The van der Waals surface area contributed by atoms with Crippen molar-refractivity contribution >= 4 is 23.5 Å². The molecule has 1 rings (SSSR count). The Labute approximate surface area is 137 Å². The van der Waals surface area contributed by atoms with E-state index in [2.05, 4.69) is 9.72 Å². The van der Waals surface area contributed by atoms with Gasteiger partial charge in [-0.3, -0.25) is 24.2 Å². The van der Waals surface area contributed by atoms with E-state index in [-0.39, 0.29) is 11.3 Å². The van der Waals surface area contributed by atoms with Crippen molar-refractivity contribution in [2.45, 2.75) is 12.8 Å². The number of aromatic nitrogens is 1. The quantitative estimate of drug-likeness (QED) is 0.458. The van der Waals surface area contributed by atoms with E-state index in [1.54, 1.807) is 0 Å². The smallest absolute Gasteiger partial charge is 0.325 e. The third-order valence-electron chi connectivity index (χ3n) is 3.43. The first-order valence-corrected chi connectivity index (χ1v) is 6.80. The minimum atomic E-state index is -2.57. The van der Waals surface area contributed by atoms with Gasteiger partial charge in [0.25, 0.3) is 0 Å². The molecule has 1 aromatic heterocycles. The molecule has 130 valence electrons. The minimum absolute atomic E-state index is 0.174. The van der Waals surface area contributed by atoms with E-state index in [0.717, 1.165) is 6.20 Å². The minimum Gasteiger partial charge on any atom is -0.495 e. The van der Waals surface area contributed by atoms with Crippen LogP contribution in [0.5, 0.6) is 5.75 Å². The van der Waals surface area contributed by atoms with E-state index in [1.165, 1.54) is 26.5 Å². The van der Waals surface area contributed by atoms with Crippen LogP contribution in [0.2, 0.25) is 0 Å². The molecule has 0 spiro atoms. The summed E-state index contributed by atoms with van der Waals surface area (Å²) < 4.78 is 9.56. The van der Waals surface area contributed by atoms with Crippen molar-refractivity contribution in [3.05, 3.63) is 24.0 Å². The van der Waals surface area contributed by atoms with E-state index in [4.69, 9.17) is 9.84 Å². The lowest BCUT2D eigenvalue weighted by atomic mass is 9.73.